The van der Waals surface area contributed by atoms with Gasteiger partial charge in [0, 0.05) is 31.4 Å². The van der Waals surface area contributed by atoms with Crippen molar-refractivity contribution in [3.05, 3.63) is 39.8 Å². The molecule has 0 bridgehead atoms. The third kappa shape index (κ3) is 3.70. The summed E-state index contributed by atoms with van der Waals surface area (Å²) < 4.78 is 5.29. The van der Waals surface area contributed by atoms with Crippen LogP contribution in [0.5, 0.6) is 5.75 Å². The van der Waals surface area contributed by atoms with Gasteiger partial charge < -0.3 is 15.0 Å². The van der Waals surface area contributed by atoms with Crippen molar-refractivity contribution < 1.29 is 9.53 Å². The molecule has 5 nitrogen and oxygen atoms in total. The van der Waals surface area contributed by atoms with Crippen molar-refractivity contribution >= 4 is 22.9 Å². The molecule has 24 heavy (non-hydrogen) atoms. The van der Waals surface area contributed by atoms with Gasteiger partial charge in [0.15, 0.2) is 0 Å². The molecule has 2 aromatic rings. The molecule has 1 fully saturated rings. The predicted molar refractivity (Wildman–Crippen MR) is 97.2 cm³/mol. The molecular formula is C18H23N3O2S. The van der Waals surface area contributed by atoms with E-state index in [9.17, 15) is 4.79 Å². The number of nitrogens with one attached hydrogen (secondary N) is 1. The van der Waals surface area contributed by atoms with Crippen molar-refractivity contribution in [3.8, 4) is 5.75 Å². The molecule has 1 amide bonds. The number of aryl methyl sites for hydroxylation is 2. The number of methoxy groups -OCH3 is 1. The fourth-order valence-electron chi connectivity index (χ4n) is 3.10. The Morgan fingerprint density at radius 1 is 1.46 bits per heavy atom. The maximum Gasteiger partial charge on any atom is 0.263 e. The van der Waals surface area contributed by atoms with Crippen LogP contribution in [0.1, 0.15) is 26.8 Å². The van der Waals surface area contributed by atoms with E-state index >= 15 is 0 Å². The van der Waals surface area contributed by atoms with E-state index in [0.717, 1.165) is 40.8 Å². The molecule has 3 rings (SSSR count). The number of amides is 1. The lowest BCUT2D eigenvalue weighted by atomic mass is 10.1. The molecule has 128 valence electrons. The molecule has 6 heteroatoms. The number of benzene rings is 1. The first-order valence-corrected chi connectivity index (χ1v) is 8.99. The highest BCUT2D eigenvalue weighted by molar-refractivity contribution is 7.13. The lowest BCUT2D eigenvalue weighted by molar-refractivity contribution is 0.0951. The molecule has 1 aliphatic heterocycles. The standard InChI is InChI=1S/C18H23N3O2S/c1-12-17(24-13(2)20-12)18(22)19-10-14-7-8-21(11-14)15-5-4-6-16(9-15)23-3/h4-6,9,14H,7-8,10-11H2,1-3H3,(H,19,22)/t14-/m1/s1. The molecule has 2 heterocycles. The van der Waals surface area contributed by atoms with Gasteiger partial charge in [0.05, 0.1) is 17.8 Å². The summed E-state index contributed by atoms with van der Waals surface area (Å²) in [7, 11) is 1.69. The minimum Gasteiger partial charge on any atom is -0.497 e. The molecular weight excluding hydrogens is 322 g/mol. The zero-order valence-electron chi connectivity index (χ0n) is 14.3. The average Bonchev–Trinajstić information content (AvgIpc) is 3.19. The van der Waals surface area contributed by atoms with Gasteiger partial charge in [-0.25, -0.2) is 4.98 Å². The van der Waals surface area contributed by atoms with Crippen LogP contribution in [0.2, 0.25) is 0 Å². The summed E-state index contributed by atoms with van der Waals surface area (Å²) in [6.07, 6.45) is 1.08. The minimum absolute atomic E-state index is 0.00192. The van der Waals surface area contributed by atoms with E-state index in [1.54, 1.807) is 7.11 Å². The number of aromatic nitrogens is 1. The second-order valence-corrected chi connectivity index (χ2v) is 7.36. The van der Waals surface area contributed by atoms with Crippen molar-refractivity contribution in [3.63, 3.8) is 0 Å². The van der Waals surface area contributed by atoms with Gasteiger partial charge in [-0.15, -0.1) is 11.3 Å². The zero-order chi connectivity index (χ0) is 17.1. The lowest BCUT2D eigenvalue weighted by Crippen LogP contribution is -2.30. The molecule has 0 spiro atoms. The Balaban J connectivity index is 1.54. The Kier molecular flexibility index (Phi) is 5.04. The number of thiazole rings is 1. The predicted octanol–water partition coefficient (Wildman–Crippen LogP) is 3.02. The number of anilines is 1. The van der Waals surface area contributed by atoms with Gasteiger partial charge in [-0.2, -0.15) is 0 Å². The maximum atomic E-state index is 12.3. The van der Waals surface area contributed by atoms with Crippen LogP contribution in [0.25, 0.3) is 0 Å². The Morgan fingerprint density at radius 3 is 3.00 bits per heavy atom. The topological polar surface area (TPSA) is 54.5 Å². The molecule has 1 aromatic heterocycles. The van der Waals surface area contributed by atoms with Gasteiger partial charge in [-0.1, -0.05) is 6.07 Å². The second kappa shape index (κ2) is 7.21. The second-order valence-electron chi connectivity index (χ2n) is 6.16. The van der Waals surface area contributed by atoms with Crippen LogP contribution in [0.15, 0.2) is 24.3 Å². The van der Waals surface area contributed by atoms with Crippen molar-refractivity contribution in [2.75, 3.05) is 31.6 Å². The number of carbonyl (C=O) groups is 1. The van der Waals surface area contributed by atoms with E-state index < -0.39 is 0 Å². The van der Waals surface area contributed by atoms with Gasteiger partial charge in [0.1, 0.15) is 10.6 Å². The fourth-order valence-corrected chi connectivity index (χ4v) is 3.94. The van der Waals surface area contributed by atoms with Crippen LogP contribution in [-0.2, 0) is 0 Å². The van der Waals surface area contributed by atoms with Crippen LogP contribution in [0, 0.1) is 19.8 Å². The summed E-state index contributed by atoms with van der Waals surface area (Å²) in [6, 6.07) is 8.13. The van der Waals surface area contributed by atoms with Crippen LogP contribution >= 0.6 is 11.3 Å². The third-order valence-electron chi connectivity index (χ3n) is 4.37. The first-order valence-electron chi connectivity index (χ1n) is 8.18. The molecule has 1 atom stereocenters. The van der Waals surface area contributed by atoms with Crippen molar-refractivity contribution in [1.82, 2.24) is 10.3 Å². The van der Waals surface area contributed by atoms with E-state index in [1.165, 1.54) is 17.0 Å². The van der Waals surface area contributed by atoms with E-state index in [4.69, 9.17) is 4.74 Å². The Bertz CT molecular complexity index is 729. The summed E-state index contributed by atoms with van der Waals surface area (Å²) in [5.41, 5.74) is 2.00. The quantitative estimate of drug-likeness (QED) is 0.905. The summed E-state index contributed by atoms with van der Waals surface area (Å²) in [5, 5.41) is 4.00. The number of rotatable bonds is 5. The van der Waals surface area contributed by atoms with Crippen LogP contribution in [-0.4, -0.2) is 37.6 Å². The largest absolute Gasteiger partial charge is 0.497 e. The molecule has 0 saturated carbocycles. The van der Waals surface area contributed by atoms with Gasteiger partial charge in [0.25, 0.3) is 5.91 Å². The van der Waals surface area contributed by atoms with Crippen LogP contribution < -0.4 is 15.0 Å². The van der Waals surface area contributed by atoms with E-state index in [-0.39, 0.29) is 5.91 Å². The molecule has 1 N–H and O–H groups in total. The number of hydrogen-bond donors (Lipinski definition) is 1. The molecule has 1 saturated heterocycles. The number of carbonyl (C=O) groups excluding carboxylic acids is 1. The maximum absolute atomic E-state index is 12.3. The zero-order valence-corrected chi connectivity index (χ0v) is 15.2. The fraction of sp³-hybridized carbons (Fsp3) is 0.444. The Hall–Kier alpha value is -2.08. The smallest absolute Gasteiger partial charge is 0.263 e. The van der Waals surface area contributed by atoms with E-state index in [1.807, 2.05) is 26.0 Å². The van der Waals surface area contributed by atoms with Gasteiger partial charge in [-0.05, 0) is 38.3 Å². The summed E-state index contributed by atoms with van der Waals surface area (Å²) in [4.78, 5) is 19.7. The minimum atomic E-state index is -0.00192. The lowest BCUT2D eigenvalue weighted by Gasteiger charge is -2.19. The van der Waals surface area contributed by atoms with Crippen molar-refractivity contribution in [1.29, 1.82) is 0 Å². The van der Waals surface area contributed by atoms with E-state index in [2.05, 4.69) is 27.3 Å². The highest BCUT2D eigenvalue weighted by Crippen LogP contribution is 2.26. The summed E-state index contributed by atoms with van der Waals surface area (Å²) >= 11 is 1.46. The van der Waals surface area contributed by atoms with Gasteiger partial charge in [-0.3, -0.25) is 4.79 Å². The Labute approximate surface area is 146 Å². The highest BCUT2D eigenvalue weighted by atomic mass is 32.1. The average molecular weight is 345 g/mol. The molecule has 1 aromatic carbocycles. The van der Waals surface area contributed by atoms with Crippen molar-refractivity contribution in [2.24, 2.45) is 5.92 Å². The van der Waals surface area contributed by atoms with Gasteiger partial charge in [0.2, 0.25) is 0 Å². The number of nitrogens with zero attached hydrogens (tertiary/aromatic N) is 2. The number of hydrogen-bond acceptors (Lipinski definition) is 5. The molecule has 0 unspecified atom stereocenters. The SMILES string of the molecule is COc1cccc(N2CC[C@H](CNC(=O)c3sc(C)nc3C)C2)c1. The van der Waals surface area contributed by atoms with Crippen molar-refractivity contribution in [2.45, 2.75) is 20.3 Å². The van der Waals surface area contributed by atoms with Gasteiger partial charge >= 0.3 is 0 Å². The normalized spacial score (nSPS) is 17.1. The first-order chi connectivity index (χ1) is 11.6. The monoisotopic (exact) mass is 345 g/mol. The molecule has 1 aliphatic rings. The highest BCUT2D eigenvalue weighted by Gasteiger charge is 2.24. The van der Waals surface area contributed by atoms with Crippen LogP contribution in [0.4, 0.5) is 5.69 Å². The first kappa shape index (κ1) is 16.8. The third-order valence-corrected chi connectivity index (χ3v) is 5.44. The number of ether oxygens (including phenoxy) is 1. The Morgan fingerprint density at radius 2 is 2.29 bits per heavy atom. The summed E-state index contributed by atoms with van der Waals surface area (Å²) in [6.45, 7) is 6.48. The summed E-state index contributed by atoms with van der Waals surface area (Å²) in [5.74, 6) is 1.34. The van der Waals surface area contributed by atoms with Crippen LogP contribution in [0.3, 0.4) is 0 Å². The van der Waals surface area contributed by atoms with E-state index in [0.29, 0.717) is 12.5 Å². The molecule has 0 radical (unpaired) electrons. The molecule has 0 aliphatic carbocycles.